The normalized spacial score (nSPS) is 10.3. The van der Waals surface area contributed by atoms with E-state index < -0.39 is 5.91 Å². The van der Waals surface area contributed by atoms with Crippen LogP contribution in [0.3, 0.4) is 0 Å². The number of nitrogens with zero attached hydrogens (tertiary/aromatic N) is 3. The molecule has 3 N–H and O–H groups in total. The number of hydrogen-bond donors (Lipinski definition) is 2. The Morgan fingerprint density at radius 3 is 2.60 bits per heavy atom. The number of benzene rings is 1. The molecule has 3 rings (SSSR count). The molecular weight excluding hydrogens is 318 g/mol. The molecule has 0 aliphatic carbocycles. The molecule has 0 saturated heterocycles. The van der Waals surface area contributed by atoms with Crippen LogP contribution in [0.2, 0.25) is 0 Å². The number of aryl methyl sites for hydroxylation is 2. The lowest BCUT2D eigenvalue weighted by Crippen LogP contribution is -2.16. The SMILES string of the molecule is Cc1cccc(Oc2cc(Nc3cccc(C)n3)c(C(N)=O)nn2)c1. The number of pyridine rings is 1. The molecule has 3 aromatic rings. The summed E-state index contributed by atoms with van der Waals surface area (Å²) in [7, 11) is 0. The number of carbonyl (C=O) groups excluding carboxylic acids is 1. The van der Waals surface area contributed by atoms with E-state index in [0.717, 1.165) is 11.3 Å². The molecule has 25 heavy (non-hydrogen) atoms. The number of ether oxygens (including phenoxy) is 1. The maximum Gasteiger partial charge on any atom is 0.271 e. The molecule has 1 aromatic carbocycles. The Morgan fingerprint density at radius 2 is 1.88 bits per heavy atom. The fourth-order valence-corrected chi connectivity index (χ4v) is 2.25. The first-order chi connectivity index (χ1) is 12.0. The molecule has 0 unspecified atom stereocenters. The highest BCUT2D eigenvalue weighted by Crippen LogP contribution is 2.25. The summed E-state index contributed by atoms with van der Waals surface area (Å²) in [6, 6.07) is 14.6. The summed E-state index contributed by atoms with van der Waals surface area (Å²) in [5.41, 5.74) is 7.66. The van der Waals surface area contributed by atoms with Crippen molar-refractivity contribution in [1.82, 2.24) is 15.2 Å². The molecule has 0 fully saturated rings. The van der Waals surface area contributed by atoms with Crippen LogP contribution < -0.4 is 15.8 Å². The van der Waals surface area contributed by atoms with Crippen LogP contribution in [0.25, 0.3) is 0 Å². The highest BCUT2D eigenvalue weighted by atomic mass is 16.5. The predicted octanol–water partition coefficient (Wildman–Crippen LogP) is 3.12. The zero-order valence-corrected chi connectivity index (χ0v) is 13.9. The average molecular weight is 335 g/mol. The lowest BCUT2D eigenvalue weighted by molar-refractivity contribution is 0.0995. The number of nitrogens with two attached hydrogens (primary N) is 1. The van der Waals surface area contributed by atoms with Crippen molar-refractivity contribution in [3.63, 3.8) is 0 Å². The molecule has 7 heteroatoms. The van der Waals surface area contributed by atoms with Crippen LogP contribution in [0.4, 0.5) is 11.5 Å². The monoisotopic (exact) mass is 335 g/mol. The number of aromatic nitrogens is 3. The Bertz CT molecular complexity index is 927. The van der Waals surface area contributed by atoms with Crippen LogP contribution in [-0.4, -0.2) is 21.1 Å². The molecular formula is C18H17N5O2. The number of carbonyl (C=O) groups is 1. The number of primary amides is 1. The minimum absolute atomic E-state index is 0.0138. The molecule has 0 aliphatic rings. The average Bonchev–Trinajstić information content (AvgIpc) is 2.55. The smallest absolute Gasteiger partial charge is 0.271 e. The van der Waals surface area contributed by atoms with E-state index in [4.69, 9.17) is 10.5 Å². The summed E-state index contributed by atoms with van der Waals surface area (Å²) < 4.78 is 5.71. The standard InChI is InChI=1S/C18H17N5O2/c1-11-5-3-7-13(9-11)25-16-10-14(17(18(19)24)23-22-16)21-15-8-4-6-12(2)20-15/h3-10H,1-2H3,(H2,19,24)(H,20,21,22). The van der Waals surface area contributed by atoms with Gasteiger partial charge in [-0.3, -0.25) is 4.79 Å². The van der Waals surface area contributed by atoms with Crippen LogP contribution in [0.1, 0.15) is 21.7 Å². The summed E-state index contributed by atoms with van der Waals surface area (Å²) in [5, 5.41) is 10.8. The van der Waals surface area contributed by atoms with E-state index >= 15 is 0 Å². The van der Waals surface area contributed by atoms with Gasteiger partial charge >= 0.3 is 0 Å². The first-order valence-electron chi connectivity index (χ1n) is 7.64. The Balaban J connectivity index is 1.93. The third kappa shape index (κ3) is 4.08. The van der Waals surface area contributed by atoms with Crippen LogP contribution >= 0.6 is 0 Å². The Kier molecular flexibility index (Phi) is 4.56. The lowest BCUT2D eigenvalue weighted by atomic mass is 10.2. The maximum atomic E-state index is 11.6. The quantitative estimate of drug-likeness (QED) is 0.742. The minimum atomic E-state index is -0.690. The van der Waals surface area contributed by atoms with Gasteiger partial charge in [-0.15, -0.1) is 10.2 Å². The van der Waals surface area contributed by atoms with Gasteiger partial charge in [0.25, 0.3) is 5.91 Å². The van der Waals surface area contributed by atoms with Gasteiger partial charge in [-0.1, -0.05) is 18.2 Å². The van der Waals surface area contributed by atoms with Crippen LogP contribution in [0, 0.1) is 13.8 Å². The topological polar surface area (TPSA) is 103 Å². The van der Waals surface area contributed by atoms with Gasteiger partial charge in [0, 0.05) is 11.8 Å². The van der Waals surface area contributed by atoms with E-state index in [0.29, 0.717) is 17.3 Å². The Morgan fingerprint density at radius 1 is 1.08 bits per heavy atom. The maximum absolute atomic E-state index is 11.6. The molecule has 126 valence electrons. The van der Waals surface area contributed by atoms with E-state index in [1.54, 1.807) is 12.1 Å². The van der Waals surface area contributed by atoms with Gasteiger partial charge in [-0.05, 0) is 43.7 Å². The van der Waals surface area contributed by atoms with Gasteiger partial charge in [0.1, 0.15) is 11.6 Å². The van der Waals surface area contributed by atoms with Gasteiger partial charge < -0.3 is 15.8 Å². The van der Waals surface area contributed by atoms with Crippen molar-refractivity contribution in [2.24, 2.45) is 5.73 Å². The molecule has 1 amide bonds. The lowest BCUT2D eigenvalue weighted by Gasteiger charge is -2.11. The Hall–Kier alpha value is -3.48. The molecule has 0 aliphatic heterocycles. The number of amides is 1. The third-order valence-corrected chi connectivity index (χ3v) is 3.37. The fourth-order valence-electron chi connectivity index (χ4n) is 2.25. The summed E-state index contributed by atoms with van der Waals surface area (Å²) in [5.74, 6) is 0.744. The van der Waals surface area contributed by atoms with Crippen molar-refractivity contribution in [2.45, 2.75) is 13.8 Å². The number of rotatable bonds is 5. The molecule has 0 atom stereocenters. The summed E-state index contributed by atoms with van der Waals surface area (Å²) >= 11 is 0. The molecule has 2 aromatic heterocycles. The van der Waals surface area contributed by atoms with Crippen molar-refractivity contribution < 1.29 is 9.53 Å². The predicted molar refractivity (Wildman–Crippen MR) is 94.1 cm³/mol. The highest BCUT2D eigenvalue weighted by Gasteiger charge is 2.14. The van der Waals surface area contributed by atoms with E-state index in [-0.39, 0.29) is 11.6 Å². The number of anilines is 2. The zero-order valence-electron chi connectivity index (χ0n) is 13.9. The van der Waals surface area contributed by atoms with Gasteiger partial charge in [-0.25, -0.2) is 4.98 Å². The van der Waals surface area contributed by atoms with Crippen LogP contribution in [0.15, 0.2) is 48.5 Å². The molecule has 2 heterocycles. The van der Waals surface area contributed by atoms with Gasteiger partial charge in [0.05, 0.1) is 5.69 Å². The minimum Gasteiger partial charge on any atom is -0.437 e. The molecule has 0 saturated carbocycles. The number of hydrogen-bond acceptors (Lipinski definition) is 6. The molecule has 0 bridgehead atoms. The van der Waals surface area contributed by atoms with Crippen molar-refractivity contribution >= 4 is 17.4 Å². The van der Waals surface area contributed by atoms with Crippen molar-refractivity contribution in [3.8, 4) is 11.6 Å². The van der Waals surface area contributed by atoms with Crippen molar-refractivity contribution in [2.75, 3.05) is 5.32 Å². The summed E-state index contributed by atoms with van der Waals surface area (Å²) in [6.45, 7) is 3.84. The second-order valence-corrected chi connectivity index (χ2v) is 5.52. The summed E-state index contributed by atoms with van der Waals surface area (Å²) in [4.78, 5) is 16.0. The van der Waals surface area contributed by atoms with E-state index in [1.165, 1.54) is 0 Å². The van der Waals surface area contributed by atoms with Gasteiger partial charge in [0.2, 0.25) is 5.88 Å². The highest BCUT2D eigenvalue weighted by molar-refractivity contribution is 5.97. The fraction of sp³-hybridized carbons (Fsp3) is 0.111. The molecule has 7 nitrogen and oxygen atoms in total. The van der Waals surface area contributed by atoms with Crippen molar-refractivity contribution in [3.05, 3.63) is 65.5 Å². The van der Waals surface area contributed by atoms with Gasteiger partial charge in [0.15, 0.2) is 5.69 Å². The van der Waals surface area contributed by atoms with E-state index in [9.17, 15) is 4.79 Å². The first-order valence-corrected chi connectivity index (χ1v) is 7.64. The molecule has 0 radical (unpaired) electrons. The molecule has 0 spiro atoms. The zero-order chi connectivity index (χ0) is 17.8. The second kappa shape index (κ2) is 6.96. The third-order valence-electron chi connectivity index (χ3n) is 3.37. The van der Waals surface area contributed by atoms with E-state index in [2.05, 4.69) is 20.5 Å². The first kappa shape index (κ1) is 16.4. The van der Waals surface area contributed by atoms with Gasteiger partial charge in [-0.2, -0.15) is 0 Å². The van der Waals surface area contributed by atoms with Crippen LogP contribution in [0.5, 0.6) is 11.6 Å². The van der Waals surface area contributed by atoms with Crippen molar-refractivity contribution in [1.29, 1.82) is 0 Å². The second-order valence-electron chi connectivity index (χ2n) is 5.52. The summed E-state index contributed by atoms with van der Waals surface area (Å²) in [6.07, 6.45) is 0. The largest absolute Gasteiger partial charge is 0.437 e. The number of nitrogens with one attached hydrogen (secondary N) is 1. The van der Waals surface area contributed by atoms with E-state index in [1.807, 2.05) is 50.2 Å². The van der Waals surface area contributed by atoms with Crippen LogP contribution in [-0.2, 0) is 0 Å². The Labute approximate surface area is 144 Å².